The summed E-state index contributed by atoms with van der Waals surface area (Å²) in [5, 5.41) is 0. The van der Waals surface area contributed by atoms with E-state index < -0.39 is 11.6 Å². The fourth-order valence-electron chi connectivity index (χ4n) is 5.16. The molecule has 35 heavy (non-hydrogen) atoms. The lowest BCUT2D eigenvalue weighted by atomic mass is 9.82. The van der Waals surface area contributed by atoms with Crippen molar-refractivity contribution in [2.24, 2.45) is 5.92 Å². The molecule has 2 atom stereocenters. The highest BCUT2D eigenvalue weighted by Crippen LogP contribution is 2.37. The summed E-state index contributed by atoms with van der Waals surface area (Å²) >= 11 is 0. The third-order valence-corrected chi connectivity index (χ3v) is 7.14. The predicted molar refractivity (Wildman–Crippen MR) is 129 cm³/mol. The maximum absolute atomic E-state index is 15.3. The van der Waals surface area contributed by atoms with E-state index in [2.05, 4.69) is 19.9 Å². The lowest BCUT2D eigenvalue weighted by molar-refractivity contribution is 0.0587. The van der Waals surface area contributed by atoms with Crippen molar-refractivity contribution in [1.29, 1.82) is 0 Å². The first kappa shape index (κ1) is 21.6. The zero-order valence-corrected chi connectivity index (χ0v) is 19.2. The van der Waals surface area contributed by atoms with E-state index in [-0.39, 0.29) is 23.0 Å². The summed E-state index contributed by atoms with van der Waals surface area (Å²) in [5.74, 6) is -0.274. The number of hydrogen-bond acceptors (Lipinski definition) is 5. The Bertz CT molecular complexity index is 1440. The number of carbonyl (C=O) groups is 1. The minimum atomic E-state index is -0.512. The summed E-state index contributed by atoms with van der Waals surface area (Å²) in [7, 11) is 0. The van der Waals surface area contributed by atoms with Gasteiger partial charge in [0.25, 0.3) is 5.91 Å². The van der Waals surface area contributed by atoms with Crippen molar-refractivity contribution >= 4 is 22.8 Å². The largest absolute Gasteiger partial charge is 0.350 e. The number of halogens is 2. The van der Waals surface area contributed by atoms with Crippen LogP contribution in [0.25, 0.3) is 22.3 Å². The lowest BCUT2D eigenvalue weighted by Gasteiger charge is -2.54. The molecule has 8 heteroatoms. The Balaban J connectivity index is 1.30. The highest BCUT2D eigenvalue weighted by atomic mass is 19.1. The van der Waals surface area contributed by atoms with Crippen LogP contribution in [0.2, 0.25) is 0 Å². The summed E-state index contributed by atoms with van der Waals surface area (Å²) in [6.45, 7) is 3.43. The van der Waals surface area contributed by atoms with Crippen molar-refractivity contribution in [1.82, 2.24) is 19.9 Å². The van der Waals surface area contributed by atoms with Crippen molar-refractivity contribution in [2.75, 3.05) is 24.5 Å². The minimum absolute atomic E-state index is 0.0254. The van der Waals surface area contributed by atoms with Crippen LogP contribution in [0.15, 0.2) is 60.9 Å². The van der Waals surface area contributed by atoms with Gasteiger partial charge < -0.3 is 9.80 Å². The smallest absolute Gasteiger partial charge is 0.257 e. The quantitative estimate of drug-likeness (QED) is 0.436. The number of piperidine rings is 1. The van der Waals surface area contributed by atoms with Gasteiger partial charge >= 0.3 is 0 Å². The van der Waals surface area contributed by atoms with E-state index in [4.69, 9.17) is 0 Å². The third-order valence-electron chi connectivity index (χ3n) is 7.14. The van der Waals surface area contributed by atoms with E-state index in [9.17, 15) is 9.18 Å². The Morgan fingerprint density at radius 1 is 1.03 bits per heavy atom. The van der Waals surface area contributed by atoms with Crippen molar-refractivity contribution in [2.45, 2.75) is 19.4 Å². The highest BCUT2D eigenvalue weighted by Gasteiger charge is 2.45. The molecule has 6 nitrogen and oxygen atoms in total. The third kappa shape index (κ3) is 3.60. The van der Waals surface area contributed by atoms with E-state index in [1.165, 1.54) is 6.07 Å². The van der Waals surface area contributed by atoms with Crippen LogP contribution in [-0.2, 0) is 0 Å². The Hall–Kier alpha value is -3.94. The number of likely N-dealkylation sites (tertiary alicyclic amines) is 1. The molecule has 1 unspecified atom stereocenters. The van der Waals surface area contributed by atoms with E-state index in [1.807, 2.05) is 6.07 Å². The molecule has 0 spiro atoms. The zero-order chi connectivity index (χ0) is 24.1. The van der Waals surface area contributed by atoms with Gasteiger partial charge in [0.15, 0.2) is 5.82 Å². The van der Waals surface area contributed by atoms with Gasteiger partial charge in [0.2, 0.25) is 0 Å². The fraction of sp³-hybridized carbons (Fsp3) is 0.259. The van der Waals surface area contributed by atoms with Crippen LogP contribution in [0.4, 0.5) is 14.6 Å². The molecule has 0 aliphatic carbocycles. The summed E-state index contributed by atoms with van der Waals surface area (Å²) in [4.78, 5) is 30.7. The molecule has 2 aliphatic heterocycles. The Morgan fingerprint density at radius 3 is 2.74 bits per heavy atom. The van der Waals surface area contributed by atoms with Crippen LogP contribution >= 0.6 is 0 Å². The van der Waals surface area contributed by atoms with Crippen LogP contribution in [0, 0.1) is 24.5 Å². The Labute approximate surface area is 201 Å². The maximum atomic E-state index is 15.3. The molecule has 0 bridgehead atoms. The standard InChI is InChI=1S/C27H23F2N5O/c1-16-8-9-18(20-6-2-3-11-30-20)24(25(16)29)27(35)33-12-10-17-14-34(22(17)15-33)23-13-31-21-7-4-5-19(28)26(21)32-23/h2-9,11,13,17,22H,10,12,14-15H2,1H3/t17?,22-/m1/s1. The van der Waals surface area contributed by atoms with E-state index >= 15 is 4.39 Å². The first-order valence-corrected chi connectivity index (χ1v) is 11.7. The number of anilines is 1. The predicted octanol–water partition coefficient (Wildman–Crippen LogP) is 4.63. The van der Waals surface area contributed by atoms with Crippen LogP contribution in [-0.4, -0.2) is 51.4 Å². The first-order chi connectivity index (χ1) is 17.0. The number of aromatic nitrogens is 3. The molecule has 0 N–H and O–H groups in total. The first-order valence-electron chi connectivity index (χ1n) is 11.7. The van der Waals surface area contributed by atoms with Gasteiger partial charge in [-0.2, -0.15) is 0 Å². The molecule has 2 aromatic carbocycles. The summed E-state index contributed by atoms with van der Waals surface area (Å²) in [6.07, 6.45) is 4.10. The molecule has 4 heterocycles. The van der Waals surface area contributed by atoms with Crippen molar-refractivity contribution < 1.29 is 13.6 Å². The van der Waals surface area contributed by atoms with Gasteiger partial charge in [0.1, 0.15) is 17.2 Å². The maximum Gasteiger partial charge on any atom is 0.257 e. The topological polar surface area (TPSA) is 62.2 Å². The molecule has 176 valence electrons. The van der Waals surface area contributed by atoms with Gasteiger partial charge in [-0.05, 0) is 43.2 Å². The number of pyridine rings is 1. The molecular weight excluding hydrogens is 448 g/mol. The molecule has 6 rings (SSSR count). The Morgan fingerprint density at radius 2 is 1.91 bits per heavy atom. The molecule has 2 saturated heterocycles. The Kier molecular flexibility index (Phi) is 5.16. The number of nitrogens with zero attached hydrogens (tertiary/aromatic N) is 5. The molecule has 0 saturated carbocycles. The molecule has 2 aromatic heterocycles. The monoisotopic (exact) mass is 471 g/mol. The van der Waals surface area contributed by atoms with Crippen molar-refractivity contribution in [3.05, 3.63) is 83.7 Å². The fourth-order valence-corrected chi connectivity index (χ4v) is 5.16. The second kappa shape index (κ2) is 8.37. The van der Waals surface area contributed by atoms with Gasteiger partial charge in [0.05, 0.1) is 29.0 Å². The number of aryl methyl sites for hydroxylation is 1. The highest BCUT2D eigenvalue weighted by molar-refractivity contribution is 6.01. The van der Waals surface area contributed by atoms with Gasteiger partial charge in [-0.3, -0.25) is 14.8 Å². The number of benzene rings is 2. The number of rotatable bonds is 3. The van der Waals surface area contributed by atoms with Crippen LogP contribution in [0.5, 0.6) is 0 Å². The minimum Gasteiger partial charge on any atom is -0.350 e. The van der Waals surface area contributed by atoms with Gasteiger partial charge in [0, 0.05) is 37.3 Å². The molecular formula is C27H23F2N5O. The molecule has 4 aromatic rings. The zero-order valence-electron chi connectivity index (χ0n) is 19.2. The normalized spacial score (nSPS) is 19.4. The summed E-state index contributed by atoms with van der Waals surface area (Å²) in [6, 6.07) is 13.5. The van der Waals surface area contributed by atoms with Gasteiger partial charge in [-0.1, -0.05) is 24.3 Å². The van der Waals surface area contributed by atoms with E-state index in [0.717, 1.165) is 13.0 Å². The van der Waals surface area contributed by atoms with Crippen molar-refractivity contribution in [3.8, 4) is 11.3 Å². The van der Waals surface area contributed by atoms with E-state index in [1.54, 1.807) is 60.6 Å². The number of fused-ring (bicyclic) bond motifs is 2. The number of carbonyl (C=O) groups excluding carboxylic acids is 1. The second-order valence-electron chi connectivity index (χ2n) is 9.19. The molecule has 1 amide bonds. The molecule has 0 radical (unpaired) electrons. The number of para-hydroxylation sites is 1. The summed E-state index contributed by atoms with van der Waals surface area (Å²) < 4.78 is 29.6. The molecule has 2 fully saturated rings. The van der Waals surface area contributed by atoms with Gasteiger partial charge in [-0.15, -0.1) is 0 Å². The lowest BCUT2D eigenvalue weighted by Crippen LogP contribution is -2.65. The SMILES string of the molecule is Cc1ccc(-c2ccccn2)c(C(=O)N2CCC3CN(c4cnc5cccc(F)c5n4)[C@@H]3C2)c1F. The van der Waals surface area contributed by atoms with Crippen LogP contribution in [0.3, 0.4) is 0 Å². The average Bonchev–Trinajstić information content (AvgIpc) is 2.87. The van der Waals surface area contributed by atoms with E-state index in [0.29, 0.717) is 47.2 Å². The summed E-state index contributed by atoms with van der Waals surface area (Å²) in [5.41, 5.74) is 2.26. The number of hydrogen-bond donors (Lipinski definition) is 0. The van der Waals surface area contributed by atoms with Gasteiger partial charge in [-0.25, -0.2) is 13.8 Å². The van der Waals surface area contributed by atoms with Crippen LogP contribution in [0.1, 0.15) is 22.3 Å². The molecule has 2 aliphatic rings. The van der Waals surface area contributed by atoms with Crippen molar-refractivity contribution in [3.63, 3.8) is 0 Å². The average molecular weight is 472 g/mol. The van der Waals surface area contributed by atoms with Crippen LogP contribution < -0.4 is 4.90 Å². The number of amides is 1. The second-order valence-corrected chi connectivity index (χ2v) is 9.19.